The molecule has 118 valence electrons. The van der Waals surface area contributed by atoms with Crippen LogP contribution in [0.1, 0.15) is 0 Å². The van der Waals surface area contributed by atoms with Crippen molar-refractivity contribution in [2.45, 2.75) is 0 Å². The third-order valence-corrected chi connectivity index (χ3v) is 3.54. The first-order valence-electron chi connectivity index (χ1n) is 7.13. The second kappa shape index (κ2) is 5.34. The van der Waals surface area contributed by atoms with E-state index in [4.69, 9.17) is 0 Å². The Bertz CT molecular complexity index is 1120. The van der Waals surface area contributed by atoms with Crippen LogP contribution in [0.4, 0.5) is 4.39 Å². The lowest BCUT2D eigenvalue weighted by Crippen LogP contribution is -2.06. The maximum absolute atomic E-state index is 14.2. The number of aromatic nitrogens is 6. The van der Waals surface area contributed by atoms with Crippen molar-refractivity contribution in [2.24, 2.45) is 7.05 Å². The summed E-state index contributed by atoms with van der Waals surface area (Å²) < 4.78 is 15.8. The zero-order valence-corrected chi connectivity index (χ0v) is 12.6. The predicted molar refractivity (Wildman–Crippen MR) is 85.5 cm³/mol. The van der Waals surface area contributed by atoms with Crippen molar-refractivity contribution in [1.82, 2.24) is 29.7 Å². The van der Waals surface area contributed by atoms with E-state index in [9.17, 15) is 9.18 Å². The van der Waals surface area contributed by atoms with Crippen LogP contribution in [0.25, 0.3) is 33.8 Å². The summed E-state index contributed by atoms with van der Waals surface area (Å²) in [7, 11) is 1.77. The molecule has 0 amide bonds. The fraction of sp³-hybridized carbons (Fsp3) is 0.0625. The van der Waals surface area contributed by atoms with Crippen molar-refractivity contribution in [3.8, 4) is 22.6 Å². The molecule has 4 rings (SSSR count). The highest BCUT2D eigenvalue weighted by Crippen LogP contribution is 2.30. The highest BCUT2D eigenvalue weighted by Gasteiger charge is 2.18. The lowest BCUT2D eigenvalue weighted by molar-refractivity contribution is 0.624. The molecule has 0 aromatic carbocycles. The fourth-order valence-electron chi connectivity index (χ4n) is 2.44. The predicted octanol–water partition coefficient (Wildman–Crippen LogP) is 1.92. The van der Waals surface area contributed by atoms with Gasteiger partial charge >= 0.3 is 0 Å². The van der Waals surface area contributed by atoms with Gasteiger partial charge in [0.2, 0.25) is 5.56 Å². The molecule has 8 heteroatoms. The van der Waals surface area contributed by atoms with Crippen molar-refractivity contribution in [3.63, 3.8) is 0 Å². The van der Waals surface area contributed by atoms with E-state index in [-0.39, 0.29) is 11.1 Å². The lowest BCUT2D eigenvalue weighted by atomic mass is 10.1. The number of fused-ring (bicyclic) bond motifs is 1. The monoisotopic (exact) mass is 322 g/mol. The Morgan fingerprint density at radius 2 is 2.00 bits per heavy atom. The Kier molecular flexibility index (Phi) is 3.16. The first-order valence-corrected chi connectivity index (χ1v) is 7.13. The smallest absolute Gasteiger partial charge is 0.249 e. The van der Waals surface area contributed by atoms with Crippen molar-refractivity contribution in [1.29, 1.82) is 0 Å². The molecule has 0 fully saturated rings. The fourth-order valence-corrected chi connectivity index (χ4v) is 2.44. The largest absolute Gasteiger partial charge is 0.305 e. The summed E-state index contributed by atoms with van der Waals surface area (Å²) in [6.07, 6.45) is 4.36. The normalized spacial score (nSPS) is 11.1. The van der Waals surface area contributed by atoms with E-state index in [1.54, 1.807) is 30.1 Å². The number of pyridine rings is 2. The van der Waals surface area contributed by atoms with Crippen molar-refractivity contribution in [3.05, 3.63) is 59.0 Å². The summed E-state index contributed by atoms with van der Waals surface area (Å²) in [5, 5.41) is 4.31. The van der Waals surface area contributed by atoms with E-state index in [2.05, 4.69) is 25.0 Å². The first kappa shape index (κ1) is 14.2. The van der Waals surface area contributed by atoms with Crippen LogP contribution < -0.4 is 5.56 Å². The molecule has 0 atom stereocenters. The van der Waals surface area contributed by atoms with Gasteiger partial charge in [0.05, 0.1) is 6.20 Å². The third kappa shape index (κ3) is 2.34. The lowest BCUT2D eigenvalue weighted by Gasteiger charge is -2.08. The van der Waals surface area contributed by atoms with Gasteiger partial charge in [0.15, 0.2) is 11.5 Å². The van der Waals surface area contributed by atoms with Gasteiger partial charge in [0, 0.05) is 31.1 Å². The average Bonchev–Trinajstić information content (AvgIpc) is 3.00. The SMILES string of the molecule is Cn1ccc(-c2nc3[nH]c(=O)ccc3nc2-c2ccncc2F)n1. The van der Waals surface area contributed by atoms with E-state index < -0.39 is 5.82 Å². The van der Waals surface area contributed by atoms with Gasteiger partial charge < -0.3 is 4.98 Å². The molecule has 0 bridgehead atoms. The molecule has 0 aliphatic carbocycles. The maximum atomic E-state index is 14.2. The molecule has 4 heterocycles. The molecule has 4 aromatic heterocycles. The van der Waals surface area contributed by atoms with Crippen LogP contribution >= 0.6 is 0 Å². The van der Waals surface area contributed by atoms with Crippen LogP contribution in [-0.2, 0) is 7.05 Å². The number of nitrogens with zero attached hydrogens (tertiary/aromatic N) is 5. The summed E-state index contributed by atoms with van der Waals surface area (Å²) in [6, 6.07) is 6.18. The molecule has 4 aromatic rings. The minimum Gasteiger partial charge on any atom is -0.305 e. The number of hydrogen-bond acceptors (Lipinski definition) is 5. The van der Waals surface area contributed by atoms with E-state index in [0.717, 1.165) is 6.20 Å². The van der Waals surface area contributed by atoms with Crippen LogP contribution in [0.5, 0.6) is 0 Å². The number of halogens is 1. The standard InChI is InChI=1S/C16H11FN6O/c1-23-7-5-11(22-23)15-14(9-4-6-18-8-10(9)17)19-12-2-3-13(24)20-16(12)21-15/h2-8H,1H3,(H,20,21,24). The van der Waals surface area contributed by atoms with Gasteiger partial charge in [-0.05, 0) is 18.2 Å². The van der Waals surface area contributed by atoms with Crippen LogP contribution in [0.15, 0.2) is 47.7 Å². The third-order valence-electron chi connectivity index (χ3n) is 3.54. The molecule has 0 aliphatic rings. The molecule has 0 saturated heterocycles. The zero-order valence-electron chi connectivity index (χ0n) is 12.6. The number of H-pyrrole nitrogens is 1. The quantitative estimate of drug-likeness (QED) is 0.609. The summed E-state index contributed by atoms with van der Waals surface area (Å²) in [5.41, 5.74) is 2.02. The van der Waals surface area contributed by atoms with Crippen LogP contribution in [0.3, 0.4) is 0 Å². The summed E-state index contributed by atoms with van der Waals surface area (Å²) >= 11 is 0. The minimum absolute atomic E-state index is 0.270. The molecule has 7 nitrogen and oxygen atoms in total. The van der Waals surface area contributed by atoms with Gasteiger partial charge in [-0.3, -0.25) is 14.5 Å². The molecule has 0 aliphatic heterocycles. The molecular formula is C16H11FN6O. The van der Waals surface area contributed by atoms with Crippen molar-refractivity contribution < 1.29 is 4.39 Å². The van der Waals surface area contributed by atoms with E-state index in [0.29, 0.717) is 28.2 Å². The number of hydrogen-bond donors (Lipinski definition) is 1. The first-order chi connectivity index (χ1) is 11.6. The molecule has 24 heavy (non-hydrogen) atoms. The minimum atomic E-state index is -0.507. The van der Waals surface area contributed by atoms with Gasteiger partial charge in [0.1, 0.15) is 22.6 Å². The molecule has 0 radical (unpaired) electrons. The number of aromatic amines is 1. The van der Waals surface area contributed by atoms with E-state index >= 15 is 0 Å². The summed E-state index contributed by atoms with van der Waals surface area (Å²) in [6.45, 7) is 0. The van der Waals surface area contributed by atoms with E-state index in [1.165, 1.54) is 18.3 Å². The highest BCUT2D eigenvalue weighted by atomic mass is 19.1. The van der Waals surface area contributed by atoms with Crippen molar-refractivity contribution >= 4 is 11.2 Å². The topological polar surface area (TPSA) is 89.4 Å². The van der Waals surface area contributed by atoms with Crippen LogP contribution in [-0.4, -0.2) is 29.7 Å². The second-order valence-electron chi connectivity index (χ2n) is 5.21. The number of rotatable bonds is 2. The van der Waals surface area contributed by atoms with Crippen molar-refractivity contribution in [2.75, 3.05) is 0 Å². The second-order valence-corrected chi connectivity index (χ2v) is 5.21. The summed E-state index contributed by atoms with van der Waals surface area (Å²) in [4.78, 5) is 26.9. The van der Waals surface area contributed by atoms with E-state index in [1.807, 2.05) is 0 Å². The molecule has 0 spiro atoms. The van der Waals surface area contributed by atoms with Crippen LogP contribution in [0, 0.1) is 5.82 Å². The number of nitrogens with one attached hydrogen (secondary N) is 1. The van der Waals surface area contributed by atoms with Gasteiger partial charge in [-0.1, -0.05) is 0 Å². The Morgan fingerprint density at radius 3 is 2.75 bits per heavy atom. The van der Waals surface area contributed by atoms with Gasteiger partial charge in [-0.15, -0.1) is 0 Å². The zero-order chi connectivity index (χ0) is 16.7. The molecule has 1 N–H and O–H groups in total. The molecular weight excluding hydrogens is 311 g/mol. The molecule has 0 unspecified atom stereocenters. The Morgan fingerprint density at radius 1 is 1.12 bits per heavy atom. The van der Waals surface area contributed by atoms with Gasteiger partial charge in [0.25, 0.3) is 0 Å². The number of aryl methyl sites for hydroxylation is 1. The highest BCUT2D eigenvalue weighted by molar-refractivity contribution is 5.83. The summed E-state index contributed by atoms with van der Waals surface area (Å²) in [5.74, 6) is -0.507. The van der Waals surface area contributed by atoms with Crippen LogP contribution in [0.2, 0.25) is 0 Å². The maximum Gasteiger partial charge on any atom is 0.249 e. The Balaban J connectivity index is 2.08. The molecule has 0 saturated carbocycles. The Labute approximate surface area is 134 Å². The van der Waals surface area contributed by atoms with Gasteiger partial charge in [-0.25, -0.2) is 14.4 Å². The van der Waals surface area contributed by atoms with Gasteiger partial charge in [-0.2, -0.15) is 5.10 Å². The average molecular weight is 322 g/mol. The Hall–Kier alpha value is -3.42.